The molecule has 164 valence electrons. The second-order valence-corrected chi connectivity index (χ2v) is 6.56. The maximum atomic E-state index is 12.8. The summed E-state index contributed by atoms with van der Waals surface area (Å²) in [6, 6.07) is 9.69. The number of aromatic nitrogens is 2. The molecule has 0 spiro atoms. The highest BCUT2D eigenvalue weighted by molar-refractivity contribution is 5.90. The second kappa shape index (κ2) is 9.50. The van der Waals surface area contributed by atoms with Crippen LogP contribution in [0.1, 0.15) is 24.3 Å². The molecule has 0 aliphatic carbocycles. The molecule has 10 heteroatoms. The van der Waals surface area contributed by atoms with Crippen molar-refractivity contribution in [3.05, 3.63) is 53.9 Å². The maximum absolute atomic E-state index is 12.8. The lowest BCUT2D eigenvalue weighted by Crippen LogP contribution is -2.13. The summed E-state index contributed by atoms with van der Waals surface area (Å²) in [4.78, 5) is 16.3. The molecule has 1 amide bonds. The van der Waals surface area contributed by atoms with Gasteiger partial charge in [-0.1, -0.05) is 11.2 Å². The summed E-state index contributed by atoms with van der Waals surface area (Å²) >= 11 is 0. The maximum Gasteiger partial charge on any atom is 0.416 e. The van der Waals surface area contributed by atoms with Gasteiger partial charge in [0, 0.05) is 24.1 Å². The molecule has 1 heterocycles. The van der Waals surface area contributed by atoms with E-state index in [0.717, 1.165) is 12.1 Å². The zero-order chi connectivity index (χ0) is 22.4. The van der Waals surface area contributed by atoms with Crippen LogP contribution in [0.2, 0.25) is 0 Å². The second-order valence-electron chi connectivity index (χ2n) is 6.56. The van der Waals surface area contributed by atoms with Gasteiger partial charge in [-0.25, -0.2) is 0 Å². The number of aryl methyl sites for hydroxylation is 1. The van der Waals surface area contributed by atoms with Gasteiger partial charge in [-0.15, -0.1) is 0 Å². The minimum Gasteiger partial charge on any atom is -0.493 e. The molecule has 1 N–H and O–H groups in total. The van der Waals surface area contributed by atoms with E-state index >= 15 is 0 Å². The molecule has 0 radical (unpaired) electrons. The molecule has 3 rings (SSSR count). The molecule has 2 aromatic carbocycles. The van der Waals surface area contributed by atoms with Gasteiger partial charge in [-0.3, -0.25) is 4.79 Å². The summed E-state index contributed by atoms with van der Waals surface area (Å²) in [5.41, 5.74) is -0.0536. The number of hydrogen-bond donors (Lipinski definition) is 1. The SMILES string of the molecule is COc1ccc(-c2noc(CCCC(=O)Nc3cccc(C(F)(F)F)c3)n2)cc1OC. The van der Waals surface area contributed by atoms with Crippen molar-refractivity contribution < 1.29 is 32.0 Å². The van der Waals surface area contributed by atoms with Crippen molar-refractivity contribution in [3.8, 4) is 22.9 Å². The molecule has 0 aliphatic rings. The number of hydrogen-bond acceptors (Lipinski definition) is 6. The summed E-state index contributed by atoms with van der Waals surface area (Å²) in [7, 11) is 3.06. The van der Waals surface area contributed by atoms with Crippen molar-refractivity contribution in [2.45, 2.75) is 25.4 Å². The summed E-state index contributed by atoms with van der Waals surface area (Å²) in [5, 5.41) is 6.39. The number of ether oxygens (including phenoxy) is 2. The average Bonchev–Trinajstić information content (AvgIpc) is 3.21. The number of rotatable bonds is 8. The largest absolute Gasteiger partial charge is 0.493 e. The molecule has 0 aliphatic heterocycles. The Balaban J connectivity index is 1.54. The fourth-order valence-corrected chi connectivity index (χ4v) is 2.85. The van der Waals surface area contributed by atoms with Crippen LogP contribution in [0.3, 0.4) is 0 Å². The molecule has 0 saturated carbocycles. The first-order valence-corrected chi connectivity index (χ1v) is 9.32. The van der Waals surface area contributed by atoms with E-state index in [9.17, 15) is 18.0 Å². The summed E-state index contributed by atoms with van der Waals surface area (Å²) < 4.78 is 53.9. The van der Waals surface area contributed by atoms with Crippen LogP contribution < -0.4 is 14.8 Å². The Morgan fingerprint density at radius 1 is 1.10 bits per heavy atom. The van der Waals surface area contributed by atoms with Crippen molar-refractivity contribution >= 4 is 11.6 Å². The molecule has 0 bridgehead atoms. The fraction of sp³-hybridized carbons (Fsp3) is 0.286. The number of carbonyl (C=O) groups excluding carboxylic acids is 1. The lowest BCUT2D eigenvalue weighted by Gasteiger charge is -2.09. The third kappa shape index (κ3) is 5.74. The van der Waals surface area contributed by atoms with Crippen LogP contribution >= 0.6 is 0 Å². The molecular weight excluding hydrogens is 415 g/mol. The van der Waals surface area contributed by atoms with Gasteiger partial charge in [0.1, 0.15) is 0 Å². The first-order valence-electron chi connectivity index (χ1n) is 9.32. The van der Waals surface area contributed by atoms with E-state index in [4.69, 9.17) is 14.0 Å². The molecule has 7 nitrogen and oxygen atoms in total. The van der Waals surface area contributed by atoms with Gasteiger partial charge in [-0.2, -0.15) is 18.2 Å². The van der Waals surface area contributed by atoms with E-state index in [0.29, 0.717) is 41.6 Å². The zero-order valence-electron chi connectivity index (χ0n) is 16.8. The number of nitrogens with zero attached hydrogens (tertiary/aromatic N) is 2. The van der Waals surface area contributed by atoms with Crippen molar-refractivity contribution in [2.24, 2.45) is 0 Å². The van der Waals surface area contributed by atoms with Crippen LogP contribution in [0.4, 0.5) is 18.9 Å². The van der Waals surface area contributed by atoms with Gasteiger partial charge in [0.2, 0.25) is 17.6 Å². The number of methoxy groups -OCH3 is 2. The highest BCUT2D eigenvalue weighted by Crippen LogP contribution is 2.32. The third-order valence-electron chi connectivity index (χ3n) is 4.38. The first-order chi connectivity index (χ1) is 14.8. The molecule has 3 aromatic rings. The number of anilines is 1. The minimum absolute atomic E-state index is 0.0876. The normalized spacial score (nSPS) is 11.3. The smallest absolute Gasteiger partial charge is 0.416 e. The topological polar surface area (TPSA) is 86.5 Å². The fourth-order valence-electron chi connectivity index (χ4n) is 2.85. The average molecular weight is 435 g/mol. The van der Waals surface area contributed by atoms with Crippen LogP contribution in [0.25, 0.3) is 11.4 Å². The van der Waals surface area contributed by atoms with Crippen LogP contribution in [-0.4, -0.2) is 30.3 Å². The highest BCUT2D eigenvalue weighted by Gasteiger charge is 2.30. The highest BCUT2D eigenvalue weighted by atomic mass is 19.4. The van der Waals surface area contributed by atoms with Crippen molar-refractivity contribution in [1.29, 1.82) is 0 Å². The van der Waals surface area contributed by atoms with Crippen LogP contribution in [-0.2, 0) is 17.4 Å². The van der Waals surface area contributed by atoms with E-state index in [1.165, 1.54) is 26.4 Å². The van der Waals surface area contributed by atoms with Crippen molar-refractivity contribution in [2.75, 3.05) is 19.5 Å². The Morgan fingerprint density at radius 3 is 2.58 bits per heavy atom. The van der Waals surface area contributed by atoms with Crippen molar-refractivity contribution in [1.82, 2.24) is 10.1 Å². The lowest BCUT2D eigenvalue weighted by atomic mass is 10.1. The van der Waals surface area contributed by atoms with Crippen LogP contribution in [0, 0.1) is 0 Å². The van der Waals surface area contributed by atoms with E-state index in [2.05, 4.69) is 15.5 Å². The summed E-state index contributed by atoms with van der Waals surface area (Å²) in [6.45, 7) is 0. The molecule has 1 aromatic heterocycles. The van der Waals surface area contributed by atoms with E-state index in [-0.39, 0.29) is 12.1 Å². The number of halogens is 3. The zero-order valence-corrected chi connectivity index (χ0v) is 16.8. The summed E-state index contributed by atoms with van der Waals surface area (Å²) in [6.07, 6.45) is -3.65. The molecule has 0 fully saturated rings. The lowest BCUT2D eigenvalue weighted by molar-refractivity contribution is -0.137. The Morgan fingerprint density at radius 2 is 1.87 bits per heavy atom. The Labute approximate surface area is 176 Å². The first kappa shape index (κ1) is 22.1. The van der Waals surface area contributed by atoms with Gasteiger partial charge in [0.05, 0.1) is 19.8 Å². The predicted molar refractivity (Wildman–Crippen MR) is 106 cm³/mol. The van der Waals surface area contributed by atoms with Crippen molar-refractivity contribution in [3.63, 3.8) is 0 Å². The Bertz CT molecular complexity index is 1050. The van der Waals surface area contributed by atoms with Gasteiger partial charge >= 0.3 is 6.18 Å². The number of benzene rings is 2. The monoisotopic (exact) mass is 435 g/mol. The summed E-state index contributed by atoms with van der Waals surface area (Å²) in [5.74, 6) is 1.40. The van der Waals surface area contributed by atoms with Gasteiger partial charge in [-0.05, 0) is 42.8 Å². The predicted octanol–water partition coefficient (Wildman–Crippen LogP) is 4.73. The molecular formula is C21H20F3N3O4. The third-order valence-corrected chi connectivity index (χ3v) is 4.38. The Kier molecular flexibility index (Phi) is 6.78. The molecule has 0 saturated heterocycles. The molecule has 0 unspecified atom stereocenters. The molecule has 31 heavy (non-hydrogen) atoms. The van der Waals surface area contributed by atoms with E-state index < -0.39 is 17.6 Å². The van der Waals surface area contributed by atoms with E-state index in [1.807, 2.05) is 0 Å². The molecule has 0 atom stereocenters. The van der Waals surface area contributed by atoms with Crippen LogP contribution in [0.5, 0.6) is 11.5 Å². The quantitative estimate of drug-likeness (QED) is 0.550. The van der Waals surface area contributed by atoms with Crippen LogP contribution in [0.15, 0.2) is 47.0 Å². The Hall–Kier alpha value is -3.56. The van der Waals surface area contributed by atoms with Gasteiger partial charge in [0.25, 0.3) is 0 Å². The minimum atomic E-state index is -4.47. The standard InChI is InChI=1S/C21H20F3N3O4/c1-29-16-10-9-13(11-17(16)30-2)20-26-19(31-27-20)8-4-7-18(28)25-15-6-3-5-14(12-15)21(22,23)24/h3,5-6,9-12H,4,7-8H2,1-2H3,(H,25,28). The number of nitrogens with one attached hydrogen (secondary N) is 1. The van der Waals surface area contributed by atoms with Gasteiger partial charge < -0.3 is 19.3 Å². The number of alkyl halides is 3. The number of carbonyl (C=O) groups is 1. The number of amides is 1. The van der Waals surface area contributed by atoms with Gasteiger partial charge in [0.15, 0.2) is 11.5 Å². The van der Waals surface area contributed by atoms with E-state index in [1.54, 1.807) is 18.2 Å².